The third-order valence-electron chi connectivity index (χ3n) is 3.72. The van der Waals surface area contributed by atoms with Gasteiger partial charge >= 0.3 is 0 Å². The van der Waals surface area contributed by atoms with Crippen LogP contribution in [0.1, 0.15) is 29.7 Å². The average molecular weight is 273 g/mol. The number of hydrogen-bond acceptors (Lipinski definition) is 2. The minimum atomic E-state index is 0.749. The molecule has 0 atom stereocenters. The molecule has 0 unspecified atom stereocenters. The first kappa shape index (κ1) is 12.5. The summed E-state index contributed by atoms with van der Waals surface area (Å²) in [4.78, 5) is 4.52. The fourth-order valence-corrected chi connectivity index (χ4v) is 2.94. The van der Waals surface area contributed by atoms with Crippen LogP contribution in [0, 0.1) is 6.92 Å². The van der Waals surface area contributed by atoms with Crippen molar-refractivity contribution in [3.8, 4) is 0 Å². The van der Waals surface area contributed by atoms with Gasteiger partial charge < -0.3 is 5.32 Å². The number of pyridine rings is 1. The molecule has 0 spiro atoms. The molecule has 0 radical (unpaired) electrons. The van der Waals surface area contributed by atoms with E-state index in [-0.39, 0.29) is 0 Å². The maximum Gasteiger partial charge on any atom is 0.0606 e. The highest BCUT2D eigenvalue weighted by molar-refractivity contribution is 6.30. The SMILES string of the molecule is Cc1ncc(Nc2cccc(Cl)c2)c2c1CCCC2. The Morgan fingerprint density at radius 2 is 1.95 bits per heavy atom. The summed E-state index contributed by atoms with van der Waals surface area (Å²) >= 11 is 6.02. The molecule has 1 aliphatic carbocycles. The summed E-state index contributed by atoms with van der Waals surface area (Å²) < 4.78 is 0. The molecule has 98 valence electrons. The third-order valence-corrected chi connectivity index (χ3v) is 3.96. The van der Waals surface area contributed by atoms with Crippen molar-refractivity contribution in [2.75, 3.05) is 5.32 Å². The Labute approximate surface area is 118 Å². The number of halogens is 1. The summed E-state index contributed by atoms with van der Waals surface area (Å²) in [6.07, 6.45) is 6.78. The third kappa shape index (κ3) is 2.59. The van der Waals surface area contributed by atoms with E-state index in [1.165, 1.54) is 29.7 Å². The minimum Gasteiger partial charge on any atom is -0.354 e. The lowest BCUT2D eigenvalue weighted by Crippen LogP contribution is -2.09. The topological polar surface area (TPSA) is 24.9 Å². The number of benzene rings is 1. The Kier molecular flexibility index (Phi) is 3.43. The minimum absolute atomic E-state index is 0.749. The Balaban J connectivity index is 1.97. The van der Waals surface area contributed by atoms with Crippen LogP contribution in [0.2, 0.25) is 5.02 Å². The Morgan fingerprint density at radius 3 is 2.74 bits per heavy atom. The summed E-state index contributed by atoms with van der Waals surface area (Å²) in [7, 11) is 0. The first-order valence-electron chi connectivity index (χ1n) is 6.74. The van der Waals surface area contributed by atoms with Gasteiger partial charge in [0.25, 0.3) is 0 Å². The second-order valence-corrected chi connectivity index (χ2v) is 5.49. The normalized spacial score (nSPS) is 14.0. The zero-order valence-electron chi connectivity index (χ0n) is 11.0. The molecule has 0 saturated carbocycles. The highest BCUT2D eigenvalue weighted by Crippen LogP contribution is 2.31. The number of anilines is 2. The van der Waals surface area contributed by atoms with E-state index in [1.54, 1.807) is 0 Å². The highest BCUT2D eigenvalue weighted by atomic mass is 35.5. The van der Waals surface area contributed by atoms with Crippen molar-refractivity contribution in [1.29, 1.82) is 0 Å². The number of rotatable bonds is 2. The number of fused-ring (bicyclic) bond motifs is 1. The zero-order chi connectivity index (χ0) is 13.2. The van der Waals surface area contributed by atoms with Crippen molar-refractivity contribution in [1.82, 2.24) is 4.98 Å². The van der Waals surface area contributed by atoms with Crippen LogP contribution in [0.15, 0.2) is 30.5 Å². The molecule has 1 N–H and O–H groups in total. The van der Waals surface area contributed by atoms with Crippen LogP contribution in [-0.4, -0.2) is 4.98 Å². The van der Waals surface area contributed by atoms with Crippen molar-refractivity contribution in [2.24, 2.45) is 0 Å². The maximum absolute atomic E-state index is 6.02. The molecule has 19 heavy (non-hydrogen) atoms. The van der Waals surface area contributed by atoms with Crippen LogP contribution in [0.5, 0.6) is 0 Å². The van der Waals surface area contributed by atoms with Gasteiger partial charge in [-0.15, -0.1) is 0 Å². The number of aromatic nitrogens is 1. The molecular formula is C16H17ClN2. The number of aryl methyl sites for hydroxylation is 1. The van der Waals surface area contributed by atoms with Gasteiger partial charge in [-0.05, 0) is 61.9 Å². The van der Waals surface area contributed by atoms with Crippen LogP contribution >= 0.6 is 11.6 Å². The van der Waals surface area contributed by atoms with E-state index in [0.717, 1.165) is 29.2 Å². The molecule has 0 aliphatic heterocycles. The molecular weight excluding hydrogens is 256 g/mol. The van der Waals surface area contributed by atoms with Gasteiger partial charge in [0, 0.05) is 16.4 Å². The predicted octanol–water partition coefficient (Wildman–Crippen LogP) is 4.67. The molecule has 0 fully saturated rings. The molecule has 1 aromatic heterocycles. The number of nitrogens with zero attached hydrogens (tertiary/aromatic N) is 1. The second kappa shape index (κ2) is 5.22. The average Bonchev–Trinajstić information content (AvgIpc) is 2.42. The Hall–Kier alpha value is -1.54. The Morgan fingerprint density at radius 1 is 1.16 bits per heavy atom. The molecule has 1 aliphatic rings. The van der Waals surface area contributed by atoms with Crippen LogP contribution < -0.4 is 5.32 Å². The van der Waals surface area contributed by atoms with Crippen molar-refractivity contribution in [3.05, 3.63) is 52.3 Å². The van der Waals surface area contributed by atoms with E-state index in [0.29, 0.717) is 0 Å². The lowest BCUT2D eigenvalue weighted by molar-refractivity contribution is 0.678. The molecule has 0 amide bonds. The molecule has 2 aromatic rings. The van der Waals surface area contributed by atoms with Crippen molar-refractivity contribution >= 4 is 23.0 Å². The summed E-state index contributed by atoms with van der Waals surface area (Å²) in [6, 6.07) is 7.81. The van der Waals surface area contributed by atoms with E-state index in [2.05, 4.69) is 17.2 Å². The largest absolute Gasteiger partial charge is 0.354 e. The smallest absolute Gasteiger partial charge is 0.0606 e. The van der Waals surface area contributed by atoms with Gasteiger partial charge in [0.05, 0.1) is 11.9 Å². The van der Waals surface area contributed by atoms with Crippen LogP contribution in [0.25, 0.3) is 0 Å². The van der Waals surface area contributed by atoms with E-state index in [9.17, 15) is 0 Å². The van der Waals surface area contributed by atoms with Crippen LogP contribution in [-0.2, 0) is 12.8 Å². The van der Waals surface area contributed by atoms with Gasteiger partial charge in [-0.3, -0.25) is 4.98 Å². The monoisotopic (exact) mass is 272 g/mol. The van der Waals surface area contributed by atoms with Crippen molar-refractivity contribution < 1.29 is 0 Å². The first-order valence-corrected chi connectivity index (χ1v) is 7.12. The summed E-state index contributed by atoms with van der Waals surface area (Å²) in [5, 5.41) is 4.20. The summed E-state index contributed by atoms with van der Waals surface area (Å²) in [5.74, 6) is 0. The quantitative estimate of drug-likeness (QED) is 0.860. The van der Waals surface area contributed by atoms with Gasteiger partial charge in [0.1, 0.15) is 0 Å². The van der Waals surface area contributed by atoms with Crippen molar-refractivity contribution in [2.45, 2.75) is 32.6 Å². The van der Waals surface area contributed by atoms with Crippen LogP contribution in [0.4, 0.5) is 11.4 Å². The molecule has 0 bridgehead atoms. The summed E-state index contributed by atoms with van der Waals surface area (Å²) in [5.41, 5.74) is 6.18. The second-order valence-electron chi connectivity index (χ2n) is 5.06. The van der Waals surface area contributed by atoms with Crippen LogP contribution in [0.3, 0.4) is 0 Å². The van der Waals surface area contributed by atoms with Gasteiger partial charge in [-0.2, -0.15) is 0 Å². The van der Waals surface area contributed by atoms with E-state index in [4.69, 9.17) is 11.6 Å². The fourth-order valence-electron chi connectivity index (χ4n) is 2.75. The first-order chi connectivity index (χ1) is 9.24. The highest BCUT2D eigenvalue weighted by Gasteiger charge is 2.16. The molecule has 3 heteroatoms. The zero-order valence-corrected chi connectivity index (χ0v) is 11.8. The van der Waals surface area contributed by atoms with E-state index >= 15 is 0 Å². The molecule has 2 nitrogen and oxygen atoms in total. The lowest BCUT2D eigenvalue weighted by atomic mass is 9.90. The standard InChI is InChI=1S/C16H17ClN2/c1-11-14-7-2-3-8-15(14)16(10-18-11)19-13-6-4-5-12(17)9-13/h4-6,9-10,19H,2-3,7-8H2,1H3. The Bertz CT molecular complexity index is 608. The van der Waals surface area contributed by atoms with Gasteiger partial charge in [0.2, 0.25) is 0 Å². The van der Waals surface area contributed by atoms with Gasteiger partial charge in [-0.1, -0.05) is 17.7 Å². The predicted molar refractivity (Wildman–Crippen MR) is 80.4 cm³/mol. The number of nitrogens with one attached hydrogen (secondary N) is 1. The van der Waals surface area contributed by atoms with Crippen molar-refractivity contribution in [3.63, 3.8) is 0 Å². The van der Waals surface area contributed by atoms with E-state index in [1.807, 2.05) is 30.5 Å². The van der Waals surface area contributed by atoms with Gasteiger partial charge in [0.15, 0.2) is 0 Å². The summed E-state index contributed by atoms with van der Waals surface area (Å²) in [6.45, 7) is 2.10. The maximum atomic E-state index is 6.02. The molecule has 0 saturated heterocycles. The number of hydrogen-bond donors (Lipinski definition) is 1. The molecule has 3 rings (SSSR count). The lowest BCUT2D eigenvalue weighted by Gasteiger charge is -2.21. The fraction of sp³-hybridized carbons (Fsp3) is 0.312. The van der Waals surface area contributed by atoms with Gasteiger partial charge in [-0.25, -0.2) is 0 Å². The van der Waals surface area contributed by atoms with E-state index < -0.39 is 0 Å². The molecule has 1 aromatic carbocycles. The molecule has 1 heterocycles.